The van der Waals surface area contributed by atoms with Crippen LogP contribution in [0.1, 0.15) is 17.4 Å². The first kappa shape index (κ1) is 12.9. The number of ether oxygens (including phenoxy) is 1. The lowest BCUT2D eigenvalue weighted by atomic mass is 10.3. The van der Waals surface area contributed by atoms with Gasteiger partial charge in [0.05, 0.1) is 23.5 Å². The van der Waals surface area contributed by atoms with E-state index in [9.17, 15) is 4.79 Å². The number of hydrogen-bond donors (Lipinski definition) is 0. The molecule has 0 aliphatic rings. The zero-order valence-corrected chi connectivity index (χ0v) is 11.1. The highest BCUT2D eigenvalue weighted by Gasteiger charge is 2.17. The second-order valence-corrected chi connectivity index (χ2v) is 4.31. The van der Waals surface area contributed by atoms with Crippen LogP contribution in [0.4, 0.5) is 0 Å². The average Bonchev–Trinajstić information content (AvgIpc) is 2.72. The number of halogens is 2. The van der Waals surface area contributed by atoms with Crippen molar-refractivity contribution in [3.05, 3.63) is 46.2 Å². The Hall–Kier alpha value is -1.52. The molecule has 0 spiro atoms. The molecular formula is C12H10Cl2N2O2. The summed E-state index contributed by atoms with van der Waals surface area (Å²) in [5.74, 6) is -0.539. The molecule has 2 aromatic rings. The van der Waals surface area contributed by atoms with E-state index in [1.165, 1.54) is 4.68 Å². The number of benzene rings is 1. The Morgan fingerprint density at radius 3 is 2.89 bits per heavy atom. The summed E-state index contributed by atoms with van der Waals surface area (Å²) in [4.78, 5) is 11.6. The molecule has 18 heavy (non-hydrogen) atoms. The summed E-state index contributed by atoms with van der Waals surface area (Å²) in [6.07, 6.45) is 1.54. The van der Waals surface area contributed by atoms with E-state index in [2.05, 4.69) is 5.10 Å². The van der Waals surface area contributed by atoms with Gasteiger partial charge in [-0.2, -0.15) is 5.10 Å². The van der Waals surface area contributed by atoms with E-state index in [-0.39, 0.29) is 17.3 Å². The fourth-order valence-corrected chi connectivity index (χ4v) is 1.83. The largest absolute Gasteiger partial charge is 0.461 e. The number of esters is 1. The minimum absolute atomic E-state index is 0.0958. The third-order valence-corrected chi connectivity index (χ3v) is 2.72. The Morgan fingerprint density at radius 2 is 2.22 bits per heavy atom. The van der Waals surface area contributed by atoms with Crippen molar-refractivity contribution >= 4 is 29.2 Å². The number of nitrogens with zero attached hydrogens (tertiary/aromatic N) is 2. The summed E-state index contributed by atoms with van der Waals surface area (Å²) in [7, 11) is 0. The summed E-state index contributed by atoms with van der Waals surface area (Å²) < 4.78 is 6.34. The van der Waals surface area contributed by atoms with Crippen LogP contribution in [0, 0.1) is 0 Å². The molecule has 2 rings (SSSR count). The van der Waals surface area contributed by atoms with Crippen LogP contribution in [0.5, 0.6) is 0 Å². The number of rotatable bonds is 3. The Balaban J connectivity index is 2.37. The first-order valence-electron chi connectivity index (χ1n) is 5.30. The number of carbonyl (C=O) groups is 1. The van der Waals surface area contributed by atoms with Crippen LogP contribution < -0.4 is 0 Å². The van der Waals surface area contributed by atoms with Crippen LogP contribution in [0.15, 0.2) is 30.5 Å². The highest BCUT2D eigenvalue weighted by atomic mass is 35.5. The predicted octanol–water partition coefficient (Wildman–Crippen LogP) is 3.36. The fourth-order valence-electron chi connectivity index (χ4n) is 1.44. The zero-order valence-electron chi connectivity index (χ0n) is 9.56. The Kier molecular flexibility index (Phi) is 3.89. The molecule has 0 N–H and O–H groups in total. The maximum absolute atomic E-state index is 11.6. The van der Waals surface area contributed by atoms with Gasteiger partial charge < -0.3 is 4.74 Å². The van der Waals surface area contributed by atoms with Gasteiger partial charge in [0.25, 0.3) is 0 Å². The maximum Gasteiger partial charge on any atom is 0.360 e. The second kappa shape index (κ2) is 5.42. The number of aromatic nitrogens is 2. The van der Waals surface area contributed by atoms with Gasteiger partial charge in [0.2, 0.25) is 0 Å². The van der Waals surface area contributed by atoms with Crippen LogP contribution >= 0.6 is 23.2 Å². The van der Waals surface area contributed by atoms with E-state index in [4.69, 9.17) is 27.9 Å². The quantitative estimate of drug-likeness (QED) is 0.812. The highest BCUT2D eigenvalue weighted by Crippen LogP contribution is 2.20. The second-order valence-electron chi connectivity index (χ2n) is 3.47. The van der Waals surface area contributed by atoms with E-state index in [0.717, 1.165) is 5.69 Å². The molecule has 6 heteroatoms. The SMILES string of the molecule is CCOC(=O)c1nn(-c2cccc(Cl)c2)cc1Cl. The maximum atomic E-state index is 11.6. The van der Waals surface area contributed by atoms with Gasteiger partial charge in [0.1, 0.15) is 0 Å². The molecule has 0 aliphatic carbocycles. The van der Waals surface area contributed by atoms with E-state index in [0.29, 0.717) is 5.02 Å². The van der Waals surface area contributed by atoms with Gasteiger partial charge in [-0.1, -0.05) is 29.3 Å². The van der Waals surface area contributed by atoms with Crippen molar-refractivity contribution in [2.75, 3.05) is 6.61 Å². The molecule has 0 saturated heterocycles. The molecule has 1 aromatic heterocycles. The van der Waals surface area contributed by atoms with Crippen molar-refractivity contribution in [3.63, 3.8) is 0 Å². The van der Waals surface area contributed by atoms with Gasteiger partial charge in [-0.05, 0) is 25.1 Å². The fraction of sp³-hybridized carbons (Fsp3) is 0.167. The first-order valence-corrected chi connectivity index (χ1v) is 6.05. The molecule has 0 unspecified atom stereocenters. The van der Waals surface area contributed by atoms with Gasteiger partial charge >= 0.3 is 5.97 Å². The number of carbonyl (C=O) groups excluding carboxylic acids is 1. The van der Waals surface area contributed by atoms with Crippen LogP contribution in [-0.2, 0) is 4.74 Å². The van der Waals surface area contributed by atoms with Gasteiger partial charge in [-0.3, -0.25) is 0 Å². The molecule has 1 heterocycles. The van der Waals surface area contributed by atoms with Crippen LogP contribution in [0.2, 0.25) is 10.0 Å². The van der Waals surface area contributed by atoms with Crippen molar-refractivity contribution < 1.29 is 9.53 Å². The van der Waals surface area contributed by atoms with Crippen LogP contribution in [0.3, 0.4) is 0 Å². The molecule has 4 nitrogen and oxygen atoms in total. The molecule has 94 valence electrons. The lowest BCUT2D eigenvalue weighted by Crippen LogP contribution is -2.07. The normalized spacial score (nSPS) is 10.4. The van der Waals surface area contributed by atoms with E-state index in [1.807, 2.05) is 6.07 Å². The molecule has 0 radical (unpaired) electrons. The van der Waals surface area contributed by atoms with Crippen LogP contribution in [-0.4, -0.2) is 22.4 Å². The summed E-state index contributed by atoms with van der Waals surface area (Å²) in [6.45, 7) is 2.00. The Labute approximate surface area is 114 Å². The van der Waals surface area contributed by atoms with E-state index >= 15 is 0 Å². The van der Waals surface area contributed by atoms with Crippen LogP contribution in [0.25, 0.3) is 5.69 Å². The predicted molar refractivity (Wildman–Crippen MR) is 69.5 cm³/mol. The minimum Gasteiger partial charge on any atom is -0.461 e. The van der Waals surface area contributed by atoms with Gasteiger partial charge in [0.15, 0.2) is 5.69 Å². The molecule has 0 fully saturated rings. The smallest absolute Gasteiger partial charge is 0.360 e. The molecule has 0 amide bonds. The van der Waals surface area contributed by atoms with Crippen molar-refractivity contribution in [1.29, 1.82) is 0 Å². The summed E-state index contributed by atoms with van der Waals surface area (Å²) in [6, 6.07) is 7.07. The lowest BCUT2D eigenvalue weighted by molar-refractivity contribution is 0.0519. The van der Waals surface area contributed by atoms with Crippen molar-refractivity contribution in [1.82, 2.24) is 9.78 Å². The molecule has 1 aromatic carbocycles. The third kappa shape index (κ3) is 2.66. The first-order chi connectivity index (χ1) is 8.61. The summed E-state index contributed by atoms with van der Waals surface area (Å²) in [5.41, 5.74) is 0.818. The van der Waals surface area contributed by atoms with Gasteiger partial charge in [-0.25, -0.2) is 9.48 Å². The average molecular weight is 285 g/mol. The summed E-state index contributed by atoms with van der Waals surface area (Å²) >= 11 is 11.8. The van der Waals surface area contributed by atoms with Crippen molar-refractivity contribution in [2.24, 2.45) is 0 Å². The van der Waals surface area contributed by atoms with Crippen molar-refractivity contribution in [3.8, 4) is 5.69 Å². The molecule has 0 atom stereocenters. The van der Waals surface area contributed by atoms with Gasteiger partial charge in [0, 0.05) is 5.02 Å². The number of hydrogen-bond acceptors (Lipinski definition) is 3. The third-order valence-electron chi connectivity index (χ3n) is 2.21. The lowest BCUT2D eigenvalue weighted by Gasteiger charge is -2.01. The van der Waals surface area contributed by atoms with Crippen molar-refractivity contribution in [2.45, 2.75) is 6.92 Å². The Morgan fingerprint density at radius 1 is 1.44 bits per heavy atom. The monoisotopic (exact) mass is 284 g/mol. The molecular weight excluding hydrogens is 275 g/mol. The minimum atomic E-state index is -0.539. The van der Waals surface area contributed by atoms with Gasteiger partial charge in [-0.15, -0.1) is 0 Å². The molecule has 0 bridgehead atoms. The van der Waals surface area contributed by atoms with E-state index < -0.39 is 5.97 Å². The zero-order chi connectivity index (χ0) is 13.1. The standard InChI is InChI=1S/C12H10Cl2N2O2/c1-2-18-12(17)11-10(14)7-16(15-11)9-5-3-4-8(13)6-9/h3-7H,2H2,1H3. The molecule has 0 saturated carbocycles. The molecule has 0 aliphatic heterocycles. The van der Waals surface area contributed by atoms with E-state index in [1.54, 1.807) is 31.3 Å². The Bertz CT molecular complexity index is 581. The topological polar surface area (TPSA) is 44.1 Å². The highest BCUT2D eigenvalue weighted by molar-refractivity contribution is 6.33. The summed E-state index contributed by atoms with van der Waals surface area (Å²) in [5, 5.41) is 4.92.